The molecule has 2 amide bonds. The maximum atomic E-state index is 12.6. The average Bonchev–Trinajstić information content (AvgIpc) is 3.41. The van der Waals surface area contributed by atoms with Crippen molar-refractivity contribution in [1.82, 2.24) is 5.32 Å². The van der Waals surface area contributed by atoms with E-state index in [1.54, 1.807) is 13.2 Å². The molecular weight excluding hydrogens is 294 g/mol. The van der Waals surface area contributed by atoms with Gasteiger partial charge in [-0.15, -0.1) is 0 Å². The van der Waals surface area contributed by atoms with Crippen LogP contribution >= 0.6 is 0 Å². The minimum Gasteiger partial charge on any atom is -0.368 e. The van der Waals surface area contributed by atoms with Crippen LogP contribution in [0.5, 0.6) is 0 Å². The van der Waals surface area contributed by atoms with E-state index in [0.717, 1.165) is 25.9 Å². The third kappa shape index (κ3) is 3.71. The Kier molecular flexibility index (Phi) is 4.63. The minimum atomic E-state index is -0.779. The molecule has 1 heterocycles. The molecule has 1 saturated heterocycles. The van der Waals surface area contributed by atoms with Gasteiger partial charge in [-0.05, 0) is 57.0 Å². The molecule has 0 spiro atoms. The van der Waals surface area contributed by atoms with Crippen LogP contribution in [-0.4, -0.2) is 37.6 Å². The highest BCUT2D eigenvalue weighted by atomic mass is 16.5. The SMILES string of the molecule is COC1(C(=O)Nc2cccc(NC(=O)C3CC3)c2)CCNCC1. The fourth-order valence-corrected chi connectivity index (χ4v) is 2.86. The normalized spacial score (nSPS) is 19.9. The van der Waals surface area contributed by atoms with Crippen molar-refractivity contribution >= 4 is 23.2 Å². The number of ether oxygens (including phenoxy) is 1. The van der Waals surface area contributed by atoms with Gasteiger partial charge in [-0.25, -0.2) is 0 Å². The van der Waals surface area contributed by atoms with E-state index >= 15 is 0 Å². The molecule has 2 aliphatic rings. The predicted molar refractivity (Wildman–Crippen MR) is 88.3 cm³/mol. The second-order valence-corrected chi connectivity index (χ2v) is 6.25. The summed E-state index contributed by atoms with van der Waals surface area (Å²) in [5, 5.41) is 9.04. The summed E-state index contributed by atoms with van der Waals surface area (Å²) in [6.45, 7) is 1.53. The van der Waals surface area contributed by atoms with Crippen LogP contribution in [0.2, 0.25) is 0 Å². The van der Waals surface area contributed by atoms with Gasteiger partial charge in [-0.3, -0.25) is 9.59 Å². The molecule has 3 N–H and O–H groups in total. The first-order chi connectivity index (χ1) is 11.1. The van der Waals surface area contributed by atoms with E-state index < -0.39 is 5.60 Å². The van der Waals surface area contributed by atoms with Crippen molar-refractivity contribution in [3.8, 4) is 0 Å². The summed E-state index contributed by atoms with van der Waals surface area (Å²) in [5.74, 6) is 0.0760. The second kappa shape index (κ2) is 6.68. The molecule has 23 heavy (non-hydrogen) atoms. The average molecular weight is 317 g/mol. The fraction of sp³-hybridized carbons (Fsp3) is 0.529. The number of hydrogen-bond acceptors (Lipinski definition) is 4. The van der Waals surface area contributed by atoms with Gasteiger partial charge >= 0.3 is 0 Å². The number of piperidine rings is 1. The highest BCUT2D eigenvalue weighted by molar-refractivity contribution is 5.99. The van der Waals surface area contributed by atoms with E-state index in [4.69, 9.17) is 4.74 Å². The van der Waals surface area contributed by atoms with Gasteiger partial charge in [0.15, 0.2) is 0 Å². The Morgan fingerprint density at radius 3 is 2.43 bits per heavy atom. The van der Waals surface area contributed by atoms with Crippen LogP contribution in [0.3, 0.4) is 0 Å². The molecule has 0 aromatic heterocycles. The summed E-state index contributed by atoms with van der Waals surface area (Å²) < 4.78 is 5.53. The highest BCUT2D eigenvalue weighted by Crippen LogP contribution is 2.30. The molecule has 6 nitrogen and oxygen atoms in total. The van der Waals surface area contributed by atoms with Crippen LogP contribution in [0.4, 0.5) is 11.4 Å². The maximum Gasteiger partial charge on any atom is 0.256 e. The summed E-state index contributed by atoms with van der Waals surface area (Å²) in [4.78, 5) is 24.4. The van der Waals surface area contributed by atoms with Crippen LogP contribution in [-0.2, 0) is 14.3 Å². The lowest BCUT2D eigenvalue weighted by atomic mass is 9.91. The van der Waals surface area contributed by atoms with Crippen LogP contribution < -0.4 is 16.0 Å². The van der Waals surface area contributed by atoms with Crippen molar-refractivity contribution in [2.45, 2.75) is 31.3 Å². The Labute approximate surface area is 136 Å². The van der Waals surface area contributed by atoms with Crippen molar-refractivity contribution in [3.63, 3.8) is 0 Å². The molecule has 0 radical (unpaired) electrons. The van der Waals surface area contributed by atoms with Gasteiger partial charge in [0.2, 0.25) is 5.91 Å². The van der Waals surface area contributed by atoms with Crippen molar-refractivity contribution in [3.05, 3.63) is 24.3 Å². The Balaban J connectivity index is 1.66. The first-order valence-corrected chi connectivity index (χ1v) is 8.11. The van der Waals surface area contributed by atoms with Gasteiger partial charge in [0, 0.05) is 24.4 Å². The summed E-state index contributed by atoms with van der Waals surface area (Å²) in [6.07, 6.45) is 3.22. The standard InChI is InChI=1S/C17H23N3O3/c1-23-17(7-9-18-10-8-17)16(22)20-14-4-2-3-13(11-14)19-15(21)12-5-6-12/h2-4,11-12,18H,5-10H2,1H3,(H,19,21)(H,20,22). The van der Waals surface area contributed by atoms with Gasteiger partial charge in [0.05, 0.1) is 0 Å². The summed E-state index contributed by atoms with van der Waals surface area (Å²) in [5.41, 5.74) is 0.591. The molecule has 2 fully saturated rings. The summed E-state index contributed by atoms with van der Waals surface area (Å²) in [7, 11) is 1.58. The highest BCUT2D eigenvalue weighted by Gasteiger charge is 2.39. The van der Waals surface area contributed by atoms with Crippen LogP contribution in [0.1, 0.15) is 25.7 Å². The molecule has 0 bridgehead atoms. The van der Waals surface area contributed by atoms with Crippen LogP contribution in [0.25, 0.3) is 0 Å². The Hall–Kier alpha value is -1.92. The molecule has 3 rings (SSSR count). The first-order valence-electron chi connectivity index (χ1n) is 8.11. The monoisotopic (exact) mass is 317 g/mol. The third-order valence-corrected chi connectivity index (χ3v) is 4.55. The number of benzene rings is 1. The zero-order chi connectivity index (χ0) is 16.3. The fourth-order valence-electron chi connectivity index (χ4n) is 2.86. The Morgan fingerprint density at radius 1 is 1.17 bits per heavy atom. The van der Waals surface area contributed by atoms with E-state index in [9.17, 15) is 9.59 Å². The number of anilines is 2. The molecular formula is C17H23N3O3. The first kappa shape index (κ1) is 16.0. The van der Waals surface area contributed by atoms with E-state index in [1.165, 1.54) is 0 Å². The molecule has 124 valence electrons. The summed E-state index contributed by atoms with van der Waals surface area (Å²) >= 11 is 0. The Bertz CT molecular complexity index is 593. The number of amides is 2. The molecule has 1 saturated carbocycles. The molecule has 1 aliphatic carbocycles. The van der Waals surface area contributed by atoms with Crippen molar-refractivity contribution in [1.29, 1.82) is 0 Å². The summed E-state index contributed by atoms with van der Waals surface area (Å²) in [6, 6.07) is 7.24. The van der Waals surface area contributed by atoms with Crippen molar-refractivity contribution < 1.29 is 14.3 Å². The van der Waals surface area contributed by atoms with Gasteiger partial charge in [0.1, 0.15) is 5.60 Å². The molecule has 1 aromatic rings. The number of hydrogen-bond donors (Lipinski definition) is 3. The molecule has 6 heteroatoms. The minimum absolute atomic E-state index is 0.0557. The smallest absolute Gasteiger partial charge is 0.256 e. The van der Waals surface area contributed by atoms with Crippen LogP contribution in [0, 0.1) is 5.92 Å². The van der Waals surface area contributed by atoms with Crippen molar-refractivity contribution in [2.24, 2.45) is 5.92 Å². The number of methoxy groups -OCH3 is 1. The largest absolute Gasteiger partial charge is 0.368 e. The number of nitrogens with one attached hydrogen (secondary N) is 3. The van der Waals surface area contributed by atoms with Gasteiger partial charge in [-0.1, -0.05) is 6.07 Å². The zero-order valence-corrected chi connectivity index (χ0v) is 13.4. The van der Waals surface area contributed by atoms with E-state index in [-0.39, 0.29) is 17.7 Å². The molecule has 0 atom stereocenters. The topological polar surface area (TPSA) is 79.5 Å². The zero-order valence-electron chi connectivity index (χ0n) is 13.4. The quantitative estimate of drug-likeness (QED) is 0.773. The lowest BCUT2D eigenvalue weighted by molar-refractivity contribution is -0.140. The molecule has 0 unspecified atom stereocenters. The lowest BCUT2D eigenvalue weighted by Gasteiger charge is -2.34. The van der Waals surface area contributed by atoms with Crippen LogP contribution in [0.15, 0.2) is 24.3 Å². The van der Waals surface area contributed by atoms with E-state index in [0.29, 0.717) is 24.2 Å². The van der Waals surface area contributed by atoms with Gasteiger partial charge in [-0.2, -0.15) is 0 Å². The lowest BCUT2D eigenvalue weighted by Crippen LogP contribution is -2.51. The third-order valence-electron chi connectivity index (χ3n) is 4.55. The number of carbonyl (C=O) groups excluding carboxylic acids is 2. The predicted octanol–water partition coefficient (Wildman–Crippen LogP) is 1.74. The van der Waals surface area contributed by atoms with E-state index in [1.807, 2.05) is 18.2 Å². The number of carbonyl (C=O) groups is 2. The Morgan fingerprint density at radius 2 is 1.83 bits per heavy atom. The van der Waals surface area contributed by atoms with Crippen molar-refractivity contribution in [2.75, 3.05) is 30.8 Å². The molecule has 1 aromatic carbocycles. The number of rotatable bonds is 5. The van der Waals surface area contributed by atoms with E-state index in [2.05, 4.69) is 16.0 Å². The molecule has 1 aliphatic heterocycles. The maximum absolute atomic E-state index is 12.6. The second-order valence-electron chi connectivity index (χ2n) is 6.25. The van der Waals surface area contributed by atoms with Gasteiger partial charge in [0.25, 0.3) is 5.91 Å². The van der Waals surface area contributed by atoms with Gasteiger partial charge < -0.3 is 20.7 Å².